The molecule has 0 aliphatic carbocycles. The van der Waals surface area contributed by atoms with Crippen LogP contribution < -0.4 is 5.32 Å². The van der Waals surface area contributed by atoms with Crippen LogP contribution >= 0.6 is 0 Å². The maximum absolute atomic E-state index is 12.4. The van der Waals surface area contributed by atoms with Crippen LogP contribution in [0.2, 0.25) is 0 Å². The summed E-state index contributed by atoms with van der Waals surface area (Å²) in [4.78, 5) is 12.4. The van der Waals surface area contributed by atoms with E-state index in [1.54, 1.807) is 0 Å². The van der Waals surface area contributed by atoms with Crippen molar-refractivity contribution < 1.29 is 20.1 Å². The number of nitrogens with one attached hydrogen (secondary N) is 1. The lowest BCUT2D eigenvalue weighted by Gasteiger charge is -2.26. The number of rotatable bonds is 42. The molecule has 0 aliphatic heterocycles. The maximum Gasteiger partial charge on any atom is 0.220 e. The lowest BCUT2D eigenvalue weighted by atomic mass is 10.0. The van der Waals surface area contributed by atoms with Crippen LogP contribution in [-0.4, -0.2) is 46.1 Å². The lowest BCUT2D eigenvalue weighted by Crippen LogP contribution is -2.50. The second kappa shape index (κ2) is 43.3. The lowest BCUT2D eigenvalue weighted by molar-refractivity contribution is -0.124. The molecular formula is C48H91NO4. The molecule has 0 bridgehead atoms. The SMILES string of the molecule is CCCCCCCCCCC/C=C/CC/C=C/CCCC(O)C(O)C(CO)NC(=O)CCCCCCCCC/C=C\CCCCCCCCCCCC. The second-order valence-electron chi connectivity index (χ2n) is 15.9. The first kappa shape index (κ1) is 51.6. The van der Waals surface area contributed by atoms with Crippen LogP contribution in [0.3, 0.4) is 0 Å². The highest BCUT2D eigenvalue weighted by Gasteiger charge is 2.26. The zero-order valence-electron chi connectivity index (χ0n) is 35.4. The molecule has 53 heavy (non-hydrogen) atoms. The Morgan fingerprint density at radius 2 is 0.774 bits per heavy atom. The first-order chi connectivity index (χ1) is 26.1. The van der Waals surface area contributed by atoms with E-state index in [1.807, 2.05) is 0 Å². The van der Waals surface area contributed by atoms with Gasteiger partial charge in [-0.3, -0.25) is 4.79 Å². The minimum Gasteiger partial charge on any atom is -0.394 e. The molecule has 3 unspecified atom stereocenters. The summed E-state index contributed by atoms with van der Waals surface area (Å²) in [5, 5.41) is 33.5. The number of hydrogen-bond donors (Lipinski definition) is 4. The van der Waals surface area contributed by atoms with Crippen LogP contribution in [0.1, 0.15) is 239 Å². The summed E-state index contributed by atoms with van der Waals surface area (Å²) in [6.45, 7) is 4.17. The van der Waals surface area contributed by atoms with Crippen LogP contribution in [0.15, 0.2) is 36.5 Å². The summed E-state index contributed by atoms with van der Waals surface area (Å²) in [5.74, 6) is -0.162. The molecule has 1 amide bonds. The summed E-state index contributed by atoms with van der Waals surface area (Å²) in [5.41, 5.74) is 0. The van der Waals surface area contributed by atoms with Gasteiger partial charge in [0.25, 0.3) is 0 Å². The molecule has 0 aromatic heterocycles. The Labute approximate surface area is 330 Å². The average molecular weight is 746 g/mol. The number of aliphatic hydroxyl groups excluding tert-OH is 3. The van der Waals surface area contributed by atoms with Crippen molar-refractivity contribution in [3.63, 3.8) is 0 Å². The molecule has 5 nitrogen and oxygen atoms in total. The Bertz CT molecular complexity index is 824. The second-order valence-corrected chi connectivity index (χ2v) is 15.9. The fourth-order valence-electron chi connectivity index (χ4n) is 7.06. The zero-order chi connectivity index (χ0) is 38.7. The van der Waals surface area contributed by atoms with Gasteiger partial charge in [-0.25, -0.2) is 0 Å². The highest BCUT2D eigenvalue weighted by molar-refractivity contribution is 5.76. The fraction of sp³-hybridized carbons (Fsp3) is 0.854. The molecule has 0 spiro atoms. The van der Waals surface area contributed by atoms with Crippen molar-refractivity contribution in [3.05, 3.63) is 36.5 Å². The molecule has 0 aromatic rings. The molecule has 0 aromatic carbocycles. The number of carbonyl (C=O) groups excluding carboxylic acids is 1. The van der Waals surface area contributed by atoms with Crippen molar-refractivity contribution in [2.75, 3.05) is 6.61 Å². The van der Waals surface area contributed by atoms with E-state index in [4.69, 9.17) is 0 Å². The monoisotopic (exact) mass is 746 g/mol. The van der Waals surface area contributed by atoms with Gasteiger partial charge in [0, 0.05) is 6.42 Å². The summed E-state index contributed by atoms with van der Waals surface area (Å²) < 4.78 is 0. The minimum absolute atomic E-state index is 0.162. The van der Waals surface area contributed by atoms with Gasteiger partial charge >= 0.3 is 0 Å². The van der Waals surface area contributed by atoms with E-state index < -0.39 is 18.2 Å². The summed E-state index contributed by atoms with van der Waals surface area (Å²) in [6, 6.07) is -0.834. The van der Waals surface area contributed by atoms with Gasteiger partial charge in [0.1, 0.15) is 6.10 Å². The van der Waals surface area contributed by atoms with Gasteiger partial charge in [-0.15, -0.1) is 0 Å². The molecule has 5 heteroatoms. The number of aliphatic hydroxyl groups is 3. The summed E-state index contributed by atoms with van der Waals surface area (Å²) >= 11 is 0. The van der Waals surface area contributed by atoms with Crippen molar-refractivity contribution in [1.82, 2.24) is 5.32 Å². The average Bonchev–Trinajstić information content (AvgIpc) is 3.16. The van der Waals surface area contributed by atoms with Gasteiger partial charge < -0.3 is 20.6 Å². The molecule has 0 heterocycles. The van der Waals surface area contributed by atoms with E-state index >= 15 is 0 Å². The highest BCUT2D eigenvalue weighted by Crippen LogP contribution is 2.15. The first-order valence-electron chi connectivity index (χ1n) is 23.3. The standard InChI is InChI=1S/C48H91NO4/c1-3-5-7-9-11-13-15-17-19-21-23-24-25-27-29-31-33-35-37-39-41-43-47(52)49-45(44-50)48(53)46(51)42-40-38-36-34-32-30-28-26-22-20-18-16-14-12-10-8-6-4-2/h24-26,28,34,36,45-46,48,50-51,53H,3-23,27,29-33,35,37-44H2,1-2H3,(H,49,52)/b25-24-,28-26+,36-34+. The van der Waals surface area contributed by atoms with Crippen LogP contribution in [-0.2, 0) is 4.79 Å². The van der Waals surface area contributed by atoms with Crippen LogP contribution in [0.5, 0.6) is 0 Å². The van der Waals surface area contributed by atoms with E-state index in [1.165, 1.54) is 167 Å². The fourth-order valence-corrected chi connectivity index (χ4v) is 7.06. The summed E-state index contributed by atoms with van der Waals surface area (Å²) in [6.07, 6.45) is 54.0. The topological polar surface area (TPSA) is 89.8 Å². The van der Waals surface area contributed by atoms with Gasteiger partial charge in [0.2, 0.25) is 5.91 Å². The third-order valence-electron chi connectivity index (χ3n) is 10.7. The van der Waals surface area contributed by atoms with Crippen LogP contribution in [0, 0.1) is 0 Å². The van der Waals surface area contributed by atoms with Gasteiger partial charge in [-0.2, -0.15) is 0 Å². The number of hydrogen-bond acceptors (Lipinski definition) is 4. The Kier molecular flexibility index (Phi) is 42.1. The van der Waals surface area contributed by atoms with Crippen molar-refractivity contribution in [1.29, 1.82) is 0 Å². The molecule has 0 saturated carbocycles. The van der Waals surface area contributed by atoms with Crippen LogP contribution in [0.25, 0.3) is 0 Å². The third-order valence-corrected chi connectivity index (χ3v) is 10.7. The quantitative estimate of drug-likeness (QED) is 0.0370. The number of carbonyl (C=O) groups is 1. The van der Waals surface area contributed by atoms with E-state index in [0.29, 0.717) is 12.8 Å². The predicted octanol–water partition coefficient (Wildman–Crippen LogP) is 13.5. The Balaban J connectivity index is 3.68. The van der Waals surface area contributed by atoms with E-state index in [0.717, 1.165) is 44.9 Å². The molecule has 0 rings (SSSR count). The molecule has 0 saturated heterocycles. The van der Waals surface area contributed by atoms with E-state index in [2.05, 4.69) is 55.6 Å². The molecule has 0 fully saturated rings. The van der Waals surface area contributed by atoms with Gasteiger partial charge in [-0.1, -0.05) is 192 Å². The van der Waals surface area contributed by atoms with Gasteiger partial charge in [-0.05, 0) is 77.0 Å². The highest BCUT2D eigenvalue weighted by atomic mass is 16.3. The zero-order valence-corrected chi connectivity index (χ0v) is 35.4. The van der Waals surface area contributed by atoms with E-state index in [-0.39, 0.29) is 12.5 Å². The van der Waals surface area contributed by atoms with E-state index in [9.17, 15) is 20.1 Å². The molecule has 0 radical (unpaired) electrons. The molecule has 3 atom stereocenters. The Morgan fingerprint density at radius 1 is 0.453 bits per heavy atom. The third kappa shape index (κ3) is 38.6. The predicted molar refractivity (Wildman–Crippen MR) is 231 cm³/mol. The maximum atomic E-state index is 12.4. The molecule has 312 valence electrons. The van der Waals surface area contributed by atoms with Crippen molar-refractivity contribution in [2.45, 2.75) is 257 Å². The van der Waals surface area contributed by atoms with Crippen molar-refractivity contribution in [3.8, 4) is 0 Å². The number of allylic oxidation sites excluding steroid dienone is 6. The molecular weight excluding hydrogens is 655 g/mol. The van der Waals surface area contributed by atoms with Crippen molar-refractivity contribution >= 4 is 5.91 Å². The molecule has 0 aliphatic rings. The normalized spacial score (nSPS) is 13.8. The van der Waals surface area contributed by atoms with Crippen LogP contribution in [0.4, 0.5) is 0 Å². The number of unbranched alkanes of at least 4 members (excludes halogenated alkanes) is 28. The van der Waals surface area contributed by atoms with Crippen molar-refractivity contribution in [2.24, 2.45) is 0 Å². The Morgan fingerprint density at radius 3 is 1.15 bits per heavy atom. The van der Waals surface area contributed by atoms with Gasteiger partial charge in [0.05, 0.1) is 18.8 Å². The summed E-state index contributed by atoms with van der Waals surface area (Å²) in [7, 11) is 0. The largest absolute Gasteiger partial charge is 0.394 e. The molecule has 4 N–H and O–H groups in total. The Hall–Kier alpha value is -1.43. The first-order valence-corrected chi connectivity index (χ1v) is 23.3. The smallest absolute Gasteiger partial charge is 0.220 e. The number of amides is 1. The minimum atomic E-state index is -1.17. The van der Waals surface area contributed by atoms with Gasteiger partial charge in [0.15, 0.2) is 0 Å².